The molecule has 0 radical (unpaired) electrons. The van der Waals surface area contributed by atoms with Gasteiger partial charge in [0, 0.05) is 18.9 Å². The highest BCUT2D eigenvalue weighted by atomic mass is 79.9. The Hall–Kier alpha value is -1.61. The van der Waals surface area contributed by atoms with Gasteiger partial charge in [-0.15, -0.1) is 5.10 Å². The number of halogens is 1. The van der Waals surface area contributed by atoms with Gasteiger partial charge in [0.05, 0.1) is 9.40 Å². The molecule has 0 atom stereocenters. The molecule has 0 saturated carbocycles. The second-order valence-electron chi connectivity index (χ2n) is 3.70. The van der Waals surface area contributed by atoms with Crippen molar-refractivity contribution in [3.8, 4) is 0 Å². The number of nitrogens with one attached hydrogen (secondary N) is 1. The summed E-state index contributed by atoms with van der Waals surface area (Å²) in [6.45, 7) is 0. The van der Waals surface area contributed by atoms with Crippen LogP contribution < -0.4 is 5.69 Å². The van der Waals surface area contributed by atoms with E-state index in [4.69, 9.17) is 0 Å². The molecular weight excluding hydrogens is 336 g/mol. The number of H-pyrrole nitrogens is 1. The van der Waals surface area contributed by atoms with Crippen molar-refractivity contribution in [2.75, 3.05) is 0 Å². The molecule has 2 rings (SSSR count). The molecule has 0 aliphatic carbocycles. The topological polar surface area (TPSA) is 93.8 Å². The zero-order valence-corrected chi connectivity index (χ0v) is 12.2. The van der Waals surface area contributed by atoms with Gasteiger partial charge < -0.3 is 0 Å². The van der Waals surface area contributed by atoms with E-state index in [-0.39, 0.29) is 11.4 Å². The van der Waals surface area contributed by atoms with Crippen LogP contribution in [0.15, 0.2) is 32.6 Å². The third-order valence-electron chi connectivity index (χ3n) is 2.41. The van der Waals surface area contributed by atoms with Crippen LogP contribution >= 0.6 is 27.7 Å². The largest absolute Gasteiger partial charge is 0.343 e. The molecule has 100 valence electrons. The van der Waals surface area contributed by atoms with E-state index in [0.29, 0.717) is 15.4 Å². The minimum absolute atomic E-state index is 0.0222. The van der Waals surface area contributed by atoms with Crippen LogP contribution in [0.25, 0.3) is 0 Å². The van der Waals surface area contributed by atoms with E-state index in [1.54, 1.807) is 19.2 Å². The number of nitro benzene ring substituents is 1. The molecule has 0 saturated heterocycles. The van der Waals surface area contributed by atoms with Gasteiger partial charge in [-0.1, -0.05) is 17.8 Å². The Labute approximate surface area is 120 Å². The summed E-state index contributed by atoms with van der Waals surface area (Å²) in [4.78, 5) is 21.5. The number of nitrogens with zero attached hydrogens (tertiary/aromatic N) is 3. The van der Waals surface area contributed by atoms with Gasteiger partial charge in [0.2, 0.25) is 0 Å². The lowest BCUT2D eigenvalue weighted by Crippen LogP contribution is -2.12. The highest BCUT2D eigenvalue weighted by molar-refractivity contribution is 9.10. The summed E-state index contributed by atoms with van der Waals surface area (Å²) in [6, 6.07) is 4.92. The average Bonchev–Trinajstić information content (AvgIpc) is 2.69. The predicted octanol–water partition coefficient (Wildman–Crippen LogP) is 2.07. The zero-order valence-electron chi connectivity index (χ0n) is 9.79. The molecular formula is C10H9BrN4O3S. The van der Waals surface area contributed by atoms with Crippen molar-refractivity contribution in [2.24, 2.45) is 7.05 Å². The SMILES string of the molecule is Cn1c(SCc2ccc(Br)c([N+](=O)[O-])c2)n[nH]c1=O. The lowest BCUT2D eigenvalue weighted by Gasteiger charge is -2.02. The van der Waals surface area contributed by atoms with Crippen molar-refractivity contribution in [1.29, 1.82) is 0 Å². The first-order chi connectivity index (χ1) is 8.99. The Morgan fingerprint density at radius 3 is 2.89 bits per heavy atom. The summed E-state index contributed by atoms with van der Waals surface area (Å²) in [7, 11) is 1.61. The van der Waals surface area contributed by atoms with Crippen LogP contribution in [-0.4, -0.2) is 19.7 Å². The fraction of sp³-hybridized carbons (Fsp3) is 0.200. The maximum atomic E-state index is 11.2. The third-order valence-corrected chi connectivity index (χ3v) is 4.19. The summed E-state index contributed by atoms with van der Waals surface area (Å²) < 4.78 is 1.83. The van der Waals surface area contributed by atoms with E-state index >= 15 is 0 Å². The van der Waals surface area contributed by atoms with E-state index in [2.05, 4.69) is 26.1 Å². The van der Waals surface area contributed by atoms with Gasteiger partial charge >= 0.3 is 5.69 Å². The van der Waals surface area contributed by atoms with Gasteiger partial charge in [0.25, 0.3) is 5.69 Å². The van der Waals surface area contributed by atoms with Crippen LogP contribution in [-0.2, 0) is 12.8 Å². The number of hydrogen-bond donors (Lipinski definition) is 1. The van der Waals surface area contributed by atoms with Gasteiger partial charge in [-0.25, -0.2) is 9.89 Å². The van der Waals surface area contributed by atoms with Gasteiger partial charge in [-0.05, 0) is 27.6 Å². The van der Waals surface area contributed by atoms with Crippen LogP contribution in [0.2, 0.25) is 0 Å². The molecule has 9 heteroatoms. The van der Waals surface area contributed by atoms with Gasteiger partial charge in [0.1, 0.15) is 0 Å². The average molecular weight is 345 g/mol. The first-order valence-electron chi connectivity index (χ1n) is 5.16. The van der Waals surface area contributed by atoms with E-state index in [0.717, 1.165) is 5.56 Å². The van der Waals surface area contributed by atoms with E-state index in [9.17, 15) is 14.9 Å². The van der Waals surface area contributed by atoms with Crippen molar-refractivity contribution >= 4 is 33.4 Å². The maximum absolute atomic E-state index is 11.2. The molecule has 1 aromatic carbocycles. The first kappa shape index (κ1) is 13.8. The van der Waals surface area contributed by atoms with Gasteiger partial charge in [-0.2, -0.15) is 0 Å². The fourth-order valence-electron chi connectivity index (χ4n) is 1.40. The first-order valence-corrected chi connectivity index (χ1v) is 6.94. The molecule has 1 heterocycles. The summed E-state index contributed by atoms with van der Waals surface area (Å²) in [5.74, 6) is 0.492. The summed E-state index contributed by atoms with van der Waals surface area (Å²) in [6.07, 6.45) is 0. The monoisotopic (exact) mass is 344 g/mol. The normalized spacial score (nSPS) is 10.6. The molecule has 1 aromatic heterocycles. The Morgan fingerprint density at radius 1 is 1.58 bits per heavy atom. The summed E-state index contributed by atoms with van der Waals surface area (Å²) in [5, 5.41) is 17.5. The molecule has 2 aromatic rings. The lowest BCUT2D eigenvalue weighted by molar-refractivity contribution is -0.385. The number of thioether (sulfide) groups is 1. The second-order valence-corrected chi connectivity index (χ2v) is 5.50. The van der Waals surface area contributed by atoms with Gasteiger partial charge in [0.15, 0.2) is 5.16 Å². The standard InChI is InChI=1S/C10H9BrN4O3S/c1-14-9(16)12-13-10(14)19-5-6-2-3-7(11)8(4-6)15(17)18/h2-4H,5H2,1H3,(H,12,16). The number of rotatable bonds is 4. The van der Waals surface area contributed by atoms with Crippen molar-refractivity contribution in [3.05, 3.63) is 48.8 Å². The van der Waals surface area contributed by atoms with Crippen molar-refractivity contribution in [1.82, 2.24) is 14.8 Å². The Kier molecular flexibility index (Phi) is 4.05. The van der Waals surface area contributed by atoms with Crippen LogP contribution in [0.4, 0.5) is 5.69 Å². The Morgan fingerprint density at radius 2 is 2.32 bits per heavy atom. The Bertz CT molecular complexity index is 682. The van der Waals surface area contributed by atoms with Gasteiger partial charge in [-0.3, -0.25) is 14.7 Å². The molecule has 1 N–H and O–H groups in total. The number of benzene rings is 1. The molecule has 0 aliphatic rings. The van der Waals surface area contributed by atoms with Crippen molar-refractivity contribution < 1.29 is 4.92 Å². The fourth-order valence-corrected chi connectivity index (χ4v) is 2.65. The van der Waals surface area contributed by atoms with E-state index in [1.165, 1.54) is 22.4 Å². The number of hydrogen-bond acceptors (Lipinski definition) is 5. The van der Waals surface area contributed by atoms with E-state index in [1.807, 2.05) is 0 Å². The van der Waals surface area contributed by atoms with Crippen LogP contribution in [0.3, 0.4) is 0 Å². The minimum atomic E-state index is -0.442. The lowest BCUT2D eigenvalue weighted by atomic mass is 10.2. The quantitative estimate of drug-likeness (QED) is 0.520. The van der Waals surface area contributed by atoms with Crippen LogP contribution in [0.1, 0.15) is 5.56 Å². The molecule has 19 heavy (non-hydrogen) atoms. The minimum Gasteiger partial charge on any atom is -0.273 e. The molecule has 0 amide bonds. The maximum Gasteiger partial charge on any atom is 0.343 e. The number of nitro groups is 1. The predicted molar refractivity (Wildman–Crippen MR) is 74.2 cm³/mol. The molecule has 0 fully saturated rings. The number of aromatic nitrogens is 3. The third kappa shape index (κ3) is 3.04. The molecule has 0 aliphatic heterocycles. The van der Waals surface area contributed by atoms with Crippen LogP contribution in [0.5, 0.6) is 0 Å². The van der Waals surface area contributed by atoms with Crippen molar-refractivity contribution in [3.63, 3.8) is 0 Å². The molecule has 0 spiro atoms. The molecule has 0 bridgehead atoms. The summed E-state index contributed by atoms with van der Waals surface area (Å²) >= 11 is 4.46. The highest BCUT2D eigenvalue weighted by Gasteiger charge is 2.13. The van der Waals surface area contributed by atoms with Crippen LogP contribution in [0, 0.1) is 10.1 Å². The Balaban J connectivity index is 2.16. The molecule has 0 unspecified atom stereocenters. The number of aromatic amines is 1. The van der Waals surface area contributed by atoms with Crippen molar-refractivity contribution in [2.45, 2.75) is 10.9 Å². The smallest absolute Gasteiger partial charge is 0.273 e. The summed E-state index contributed by atoms with van der Waals surface area (Å²) in [5.41, 5.74) is 0.522. The van der Waals surface area contributed by atoms with E-state index < -0.39 is 4.92 Å². The molecule has 7 nitrogen and oxygen atoms in total. The zero-order chi connectivity index (χ0) is 14.0. The highest BCUT2D eigenvalue weighted by Crippen LogP contribution is 2.28. The second kappa shape index (κ2) is 5.57.